The highest BCUT2D eigenvalue weighted by atomic mass is 16.5. The van der Waals surface area contributed by atoms with Crippen molar-refractivity contribution in [3.8, 4) is 0 Å². The van der Waals surface area contributed by atoms with E-state index in [0.29, 0.717) is 12.2 Å². The van der Waals surface area contributed by atoms with Crippen LogP contribution in [0.5, 0.6) is 0 Å². The molecule has 0 aliphatic rings. The van der Waals surface area contributed by atoms with Crippen LogP contribution in [0, 0.1) is 0 Å². The number of fused-ring (bicyclic) bond motifs is 1. The van der Waals surface area contributed by atoms with Gasteiger partial charge in [0.25, 0.3) is 0 Å². The molecule has 2 aromatic carbocycles. The van der Waals surface area contributed by atoms with Gasteiger partial charge in [0.2, 0.25) is 0 Å². The summed E-state index contributed by atoms with van der Waals surface area (Å²) in [6.45, 7) is 5.96. The van der Waals surface area contributed by atoms with Crippen molar-refractivity contribution in [1.82, 2.24) is 0 Å². The van der Waals surface area contributed by atoms with Crippen LogP contribution in [0.15, 0.2) is 43.0 Å². The van der Waals surface area contributed by atoms with Gasteiger partial charge in [-0.05, 0) is 35.4 Å². The van der Waals surface area contributed by atoms with Crippen LogP contribution in [0.4, 0.5) is 0 Å². The van der Waals surface area contributed by atoms with Crippen LogP contribution in [0.1, 0.15) is 22.8 Å². The first kappa shape index (κ1) is 11.4. The van der Waals surface area contributed by atoms with Gasteiger partial charge in [-0.15, -0.1) is 0 Å². The first-order valence-electron chi connectivity index (χ1n) is 5.58. The highest BCUT2D eigenvalue weighted by molar-refractivity contribution is 5.98. The molecule has 2 aromatic rings. The molecule has 0 aliphatic carbocycles. The van der Waals surface area contributed by atoms with Crippen LogP contribution < -0.4 is 0 Å². The monoisotopic (exact) mass is 226 g/mol. The number of carbonyl (C=O) groups excluding carboxylic acids is 1. The predicted octanol–water partition coefficient (Wildman–Crippen LogP) is 3.66. The first-order chi connectivity index (χ1) is 8.26. The Labute approximate surface area is 101 Å². The minimum absolute atomic E-state index is 0.284. The molecule has 2 heteroatoms. The second-order valence-corrected chi connectivity index (χ2v) is 3.71. The summed E-state index contributed by atoms with van der Waals surface area (Å²) in [7, 11) is 0. The highest BCUT2D eigenvalue weighted by Gasteiger charge is 2.07. The van der Waals surface area contributed by atoms with E-state index in [9.17, 15) is 4.79 Å². The van der Waals surface area contributed by atoms with Crippen LogP contribution in [-0.4, -0.2) is 12.6 Å². The Morgan fingerprint density at radius 3 is 2.88 bits per heavy atom. The molecule has 0 heterocycles. The second-order valence-electron chi connectivity index (χ2n) is 3.71. The molecule has 0 saturated carbocycles. The maximum atomic E-state index is 11.6. The van der Waals surface area contributed by atoms with E-state index < -0.39 is 0 Å². The van der Waals surface area contributed by atoms with Gasteiger partial charge in [-0.25, -0.2) is 4.79 Å². The normalized spacial score (nSPS) is 10.2. The Morgan fingerprint density at radius 2 is 2.18 bits per heavy atom. The molecule has 0 N–H and O–H groups in total. The minimum Gasteiger partial charge on any atom is -0.462 e. The highest BCUT2D eigenvalue weighted by Crippen LogP contribution is 2.21. The zero-order valence-electron chi connectivity index (χ0n) is 9.77. The van der Waals surface area contributed by atoms with Gasteiger partial charge in [-0.2, -0.15) is 0 Å². The Bertz CT molecular complexity index is 570. The average molecular weight is 226 g/mol. The molecular formula is C15H14O2. The number of benzene rings is 2. The van der Waals surface area contributed by atoms with Crippen molar-refractivity contribution in [1.29, 1.82) is 0 Å². The third-order valence-corrected chi connectivity index (χ3v) is 2.65. The summed E-state index contributed by atoms with van der Waals surface area (Å²) in [4.78, 5) is 11.6. The van der Waals surface area contributed by atoms with E-state index >= 15 is 0 Å². The summed E-state index contributed by atoms with van der Waals surface area (Å²) >= 11 is 0. The fraction of sp³-hybridized carbons (Fsp3) is 0.133. The largest absolute Gasteiger partial charge is 0.462 e. The lowest BCUT2D eigenvalue weighted by Crippen LogP contribution is -2.04. The number of ether oxygens (including phenoxy) is 1. The maximum Gasteiger partial charge on any atom is 0.338 e. The van der Waals surface area contributed by atoms with Gasteiger partial charge in [0.05, 0.1) is 12.2 Å². The van der Waals surface area contributed by atoms with Gasteiger partial charge < -0.3 is 4.74 Å². The van der Waals surface area contributed by atoms with E-state index in [1.165, 1.54) is 0 Å². The zero-order chi connectivity index (χ0) is 12.3. The topological polar surface area (TPSA) is 26.3 Å². The lowest BCUT2D eigenvalue weighted by atomic mass is 10.0. The molecule has 0 bridgehead atoms. The van der Waals surface area contributed by atoms with E-state index in [4.69, 9.17) is 4.74 Å². The number of hydrogen-bond donors (Lipinski definition) is 0. The van der Waals surface area contributed by atoms with Gasteiger partial charge in [0.1, 0.15) is 0 Å². The van der Waals surface area contributed by atoms with Crippen molar-refractivity contribution in [2.75, 3.05) is 6.61 Å². The lowest BCUT2D eigenvalue weighted by Gasteiger charge is -2.05. The molecule has 17 heavy (non-hydrogen) atoms. The number of hydrogen-bond acceptors (Lipinski definition) is 2. The van der Waals surface area contributed by atoms with Crippen molar-refractivity contribution in [2.24, 2.45) is 0 Å². The van der Waals surface area contributed by atoms with Gasteiger partial charge in [0.15, 0.2) is 0 Å². The molecule has 0 unspecified atom stereocenters. The number of rotatable bonds is 3. The van der Waals surface area contributed by atoms with Crippen molar-refractivity contribution >= 4 is 22.8 Å². The molecular weight excluding hydrogens is 212 g/mol. The van der Waals surface area contributed by atoms with Crippen LogP contribution in [0.2, 0.25) is 0 Å². The van der Waals surface area contributed by atoms with Crippen molar-refractivity contribution < 1.29 is 9.53 Å². The summed E-state index contributed by atoms with van der Waals surface area (Å²) in [5.74, 6) is -0.284. The molecule has 2 nitrogen and oxygen atoms in total. The molecule has 0 aromatic heterocycles. The molecule has 0 aliphatic heterocycles. The predicted molar refractivity (Wildman–Crippen MR) is 70.0 cm³/mol. The molecule has 0 spiro atoms. The Hall–Kier alpha value is -2.09. The molecule has 0 amide bonds. The third-order valence-electron chi connectivity index (χ3n) is 2.65. The number of carbonyl (C=O) groups is 1. The Kier molecular flexibility index (Phi) is 3.24. The quantitative estimate of drug-likeness (QED) is 0.746. The Morgan fingerprint density at radius 1 is 1.35 bits per heavy atom. The van der Waals surface area contributed by atoms with E-state index in [1.807, 2.05) is 30.3 Å². The fourth-order valence-electron chi connectivity index (χ4n) is 1.82. The van der Waals surface area contributed by atoms with Gasteiger partial charge >= 0.3 is 5.97 Å². The van der Waals surface area contributed by atoms with Crippen LogP contribution in [0.25, 0.3) is 16.8 Å². The standard InChI is InChI=1S/C15H14O2/c1-3-11-6-5-7-12-8-9-13(10-14(11)12)15(16)17-4-2/h3,5-10H,1,4H2,2H3. The summed E-state index contributed by atoms with van der Waals surface area (Å²) in [5, 5.41) is 2.11. The van der Waals surface area contributed by atoms with Gasteiger partial charge in [-0.3, -0.25) is 0 Å². The zero-order valence-corrected chi connectivity index (χ0v) is 9.77. The third kappa shape index (κ3) is 2.21. The van der Waals surface area contributed by atoms with Crippen molar-refractivity contribution in [3.63, 3.8) is 0 Å². The summed E-state index contributed by atoms with van der Waals surface area (Å²) in [6, 6.07) is 11.5. The summed E-state index contributed by atoms with van der Waals surface area (Å²) < 4.78 is 4.99. The van der Waals surface area contributed by atoms with E-state index in [-0.39, 0.29) is 5.97 Å². The van der Waals surface area contributed by atoms with Crippen molar-refractivity contribution in [3.05, 3.63) is 54.1 Å². The lowest BCUT2D eigenvalue weighted by molar-refractivity contribution is 0.0526. The SMILES string of the molecule is C=Cc1cccc2ccc(C(=O)OCC)cc12. The molecule has 2 rings (SSSR count). The average Bonchev–Trinajstić information content (AvgIpc) is 2.37. The second kappa shape index (κ2) is 4.83. The Balaban J connectivity index is 2.55. The van der Waals surface area contributed by atoms with E-state index in [2.05, 4.69) is 6.58 Å². The summed E-state index contributed by atoms with van der Waals surface area (Å²) in [6.07, 6.45) is 1.79. The van der Waals surface area contributed by atoms with E-state index in [0.717, 1.165) is 16.3 Å². The molecule has 86 valence electrons. The minimum atomic E-state index is -0.284. The van der Waals surface area contributed by atoms with Crippen LogP contribution >= 0.6 is 0 Å². The first-order valence-corrected chi connectivity index (χ1v) is 5.58. The number of esters is 1. The van der Waals surface area contributed by atoms with Gasteiger partial charge in [-0.1, -0.05) is 36.9 Å². The van der Waals surface area contributed by atoms with Crippen LogP contribution in [-0.2, 0) is 4.74 Å². The maximum absolute atomic E-state index is 11.6. The van der Waals surface area contributed by atoms with Gasteiger partial charge in [0, 0.05) is 0 Å². The molecule has 0 fully saturated rings. The summed E-state index contributed by atoms with van der Waals surface area (Å²) in [5.41, 5.74) is 1.60. The van der Waals surface area contributed by atoms with E-state index in [1.54, 1.807) is 19.1 Å². The fourth-order valence-corrected chi connectivity index (χ4v) is 1.82. The van der Waals surface area contributed by atoms with Crippen molar-refractivity contribution in [2.45, 2.75) is 6.92 Å². The van der Waals surface area contributed by atoms with Crippen LogP contribution in [0.3, 0.4) is 0 Å². The smallest absolute Gasteiger partial charge is 0.338 e. The molecule has 0 radical (unpaired) electrons. The molecule has 0 atom stereocenters. The molecule has 0 saturated heterocycles.